The van der Waals surface area contributed by atoms with Gasteiger partial charge in [-0.15, -0.1) is 0 Å². The Kier molecular flexibility index (Phi) is 5.15. The summed E-state index contributed by atoms with van der Waals surface area (Å²) in [4.78, 5) is 8.68. The van der Waals surface area contributed by atoms with Gasteiger partial charge in [-0.25, -0.2) is 4.98 Å². The van der Waals surface area contributed by atoms with E-state index in [1.807, 2.05) is 36.8 Å². The molecule has 0 aliphatic rings. The van der Waals surface area contributed by atoms with Crippen molar-refractivity contribution >= 4 is 17.1 Å². The van der Waals surface area contributed by atoms with E-state index >= 15 is 0 Å². The highest BCUT2D eigenvalue weighted by atomic mass is 16.4. The van der Waals surface area contributed by atoms with E-state index in [1.165, 1.54) is 5.69 Å². The van der Waals surface area contributed by atoms with E-state index in [0.717, 1.165) is 30.7 Å². The molecule has 0 spiro atoms. The van der Waals surface area contributed by atoms with E-state index in [0.29, 0.717) is 18.0 Å². The van der Waals surface area contributed by atoms with Crippen LogP contribution in [0.3, 0.4) is 0 Å². The van der Waals surface area contributed by atoms with Crippen LogP contribution < -0.4 is 10.6 Å². The van der Waals surface area contributed by atoms with Crippen LogP contribution in [0.15, 0.2) is 41.2 Å². The van der Waals surface area contributed by atoms with Crippen LogP contribution in [0.2, 0.25) is 0 Å². The monoisotopic (exact) mass is 327 g/mol. The first-order valence-electron chi connectivity index (χ1n) is 8.46. The average molecular weight is 327 g/mol. The van der Waals surface area contributed by atoms with Crippen LogP contribution in [-0.2, 0) is 6.54 Å². The zero-order valence-corrected chi connectivity index (χ0v) is 14.5. The summed E-state index contributed by atoms with van der Waals surface area (Å²) in [5, 5.41) is 6.64. The number of hydrogen-bond donors (Lipinski definition) is 2. The zero-order chi connectivity index (χ0) is 16.9. The number of rotatable bonds is 8. The molecule has 0 saturated carbocycles. The summed E-state index contributed by atoms with van der Waals surface area (Å²) in [5.74, 6) is 0.582. The van der Waals surface area contributed by atoms with Crippen LogP contribution in [0, 0.1) is 5.92 Å². The Morgan fingerprint density at radius 3 is 2.79 bits per heavy atom. The minimum Gasteiger partial charge on any atom is -0.424 e. The number of nitrogens with zero attached hydrogens (tertiary/aromatic N) is 3. The summed E-state index contributed by atoms with van der Waals surface area (Å²) in [5.41, 5.74) is 2.89. The van der Waals surface area contributed by atoms with Gasteiger partial charge in [0.25, 0.3) is 6.01 Å². The number of hydrogen-bond acceptors (Lipinski definition) is 5. The maximum atomic E-state index is 5.63. The lowest BCUT2D eigenvalue weighted by Crippen LogP contribution is -2.24. The van der Waals surface area contributed by atoms with Crippen molar-refractivity contribution in [2.75, 3.05) is 18.4 Å². The number of para-hydroxylation sites is 2. The molecule has 2 N–H and O–H groups in total. The standard InChI is InChI=1S/C18H25N5O/c1-13(2)14(3)23-12-20-11-15(23)10-19-8-9-21-18-22-16-6-4-5-7-17(16)24-18/h4-7,11-14,19H,8-10H2,1-3H3,(H,21,22). The van der Waals surface area contributed by atoms with Gasteiger partial charge < -0.3 is 19.6 Å². The number of fused-ring (bicyclic) bond motifs is 1. The average Bonchev–Trinajstić information content (AvgIpc) is 3.19. The summed E-state index contributed by atoms with van der Waals surface area (Å²) < 4.78 is 7.88. The molecule has 2 aromatic heterocycles. The Labute approximate surface area is 142 Å². The van der Waals surface area contributed by atoms with Crippen molar-refractivity contribution in [3.8, 4) is 0 Å². The molecule has 3 aromatic rings. The minimum atomic E-state index is 0.446. The highest BCUT2D eigenvalue weighted by Crippen LogP contribution is 2.19. The van der Waals surface area contributed by atoms with Gasteiger partial charge in [0.05, 0.1) is 12.0 Å². The lowest BCUT2D eigenvalue weighted by atomic mass is 10.1. The molecule has 0 aliphatic heterocycles. The lowest BCUT2D eigenvalue weighted by Gasteiger charge is -2.20. The summed E-state index contributed by atoms with van der Waals surface area (Å²) in [6, 6.07) is 8.78. The fourth-order valence-electron chi connectivity index (χ4n) is 2.58. The fraction of sp³-hybridized carbons (Fsp3) is 0.444. The number of oxazole rings is 1. The number of aromatic nitrogens is 3. The van der Waals surface area contributed by atoms with Gasteiger partial charge in [-0.2, -0.15) is 4.98 Å². The second-order valence-electron chi connectivity index (χ2n) is 6.37. The number of anilines is 1. The number of nitrogens with one attached hydrogen (secondary N) is 2. The first-order chi connectivity index (χ1) is 11.6. The molecule has 0 saturated heterocycles. The Balaban J connectivity index is 1.45. The third kappa shape index (κ3) is 3.76. The van der Waals surface area contributed by atoms with Crippen molar-refractivity contribution in [1.82, 2.24) is 19.9 Å². The Hall–Kier alpha value is -2.34. The lowest BCUT2D eigenvalue weighted by molar-refractivity contribution is 0.395. The molecule has 24 heavy (non-hydrogen) atoms. The Morgan fingerprint density at radius 1 is 1.17 bits per heavy atom. The van der Waals surface area contributed by atoms with Gasteiger partial charge in [-0.05, 0) is 25.0 Å². The molecule has 0 bridgehead atoms. The quantitative estimate of drug-likeness (QED) is 0.620. The first-order valence-corrected chi connectivity index (χ1v) is 8.46. The third-order valence-electron chi connectivity index (χ3n) is 4.33. The molecule has 0 aliphatic carbocycles. The molecule has 128 valence electrons. The van der Waals surface area contributed by atoms with Gasteiger partial charge in [0, 0.05) is 31.9 Å². The molecule has 1 atom stereocenters. The summed E-state index contributed by atoms with van der Waals surface area (Å²) >= 11 is 0. The van der Waals surface area contributed by atoms with Gasteiger partial charge in [0.2, 0.25) is 0 Å². The van der Waals surface area contributed by atoms with E-state index in [2.05, 4.69) is 45.9 Å². The van der Waals surface area contributed by atoms with Crippen molar-refractivity contribution < 1.29 is 4.42 Å². The normalized spacial score (nSPS) is 12.8. The van der Waals surface area contributed by atoms with Crippen LogP contribution in [-0.4, -0.2) is 27.6 Å². The topological polar surface area (TPSA) is 67.9 Å². The highest BCUT2D eigenvalue weighted by Gasteiger charge is 2.12. The summed E-state index contributed by atoms with van der Waals surface area (Å²) in [6.07, 6.45) is 3.85. The predicted molar refractivity (Wildman–Crippen MR) is 96.0 cm³/mol. The molecule has 0 amide bonds. The largest absolute Gasteiger partial charge is 0.424 e. The van der Waals surface area contributed by atoms with Crippen LogP contribution in [0.5, 0.6) is 0 Å². The van der Waals surface area contributed by atoms with Crippen molar-refractivity contribution in [3.05, 3.63) is 42.5 Å². The van der Waals surface area contributed by atoms with Gasteiger partial charge in [-0.1, -0.05) is 26.0 Å². The van der Waals surface area contributed by atoms with Crippen molar-refractivity contribution in [1.29, 1.82) is 0 Å². The molecule has 3 rings (SSSR count). The van der Waals surface area contributed by atoms with Crippen molar-refractivity contribution in [2.24, 2.45) is 5.92 Å². The van der Waals surface area contributed by atoms with Gasteiger partial charge in [-0.3, -0.25) is 0 Å². The smallest absolute Gasteiger partial charge is 0.295 e. The van der Waals surface area contributed by atoms with Crippen LogP contribution in [0.25, 0.3) is 11.1 Å². The molecule has 0 radical (unpaired) electrons. The summed E-state index contributed by atoms with van der Waals surface area (Å²) in [7, 11) is 0. The van der Waals surface area contributed by atoms with Crippen LogP contribution >= 0.6 is 0 Å². The molecule has 6 heteroatoms. The highest BCUT2D eigenvalue weighted by molar-refractivity contribution is 5.74. The van der Waals surface area contributed by atoms with E-state index in [-0.39, 0.29) is 0 Å². The van der Waals surface area contributed by atoms with E-state index in [9.17, 15) is 0 Å². The SMILES string of the molecule is CC(C)C(C)n1cncc1CNCCNc1nc2ccccc2o1. The molecule has 2 heterocycles. The maximum Gasteiger partial charge on any atom is 0.295 e. The van der Waals surface area contributed by atoms with Crippen molar-refractivity contribution in [3.63, 3.8) is 0 Å². The minimum absolute atomic E-state index is 0.446. The zero-order valence-electron chi connectivity index (χ0n) is 14.5. The Bertz CT molecular complexity index is 743. The van der Waals surface area contributed by atoms with E-state index < -0.39 is 0 Å². The predicted octanol–water partition coefficient (Wildman–Crippen LogP) is 3.44. The maximum absolute atomic E-state index is 5.63. The fourth-order valence-corrected chi connectivity index (χ4v) is 2.58. The van der Waals surface area contributed by atoms with Crippen molar-refractivity contribution in [2.45, 2.75) is 33.4 Å². The third-order valence-corrected chi connectivity index (χ3v) is 4.33. The van der Waals surface area contributed by atoms with Crippen LogP contribution in [0.4, 0.5) is 6.01 Å². The van der Waals surface area contributed by atoms with E-state index in [4.69, 9.17) is 4.42 Å². The first kappa shape index (κ1) is 16.5. The summed E-state index contributed by atoms with van der Waals surface area (Å²) in [6.45, 7) is 9.05. The van der Waals surface area contributed by atoms with Gasteiger partial charge in [0.15, 0.2) is 5.58 Å². The molecular weight excluding hydrogens is 302 g/mol. The molecule has 1 unspecified atom stereocenters. The Morgan fingerprint density at radius 2 is 2.00 bits per heavy atom. The number of imidazole rings is 1. The van der Waals surface area contributed by atoms with E-state index in [1.54, 1.807) is 0 Å². The molecule has 0 fully saturated rings. The molecule has 1 aromatic carbocycles. The second-order valence-corrected chi connectivity index (χ2v) is 6.37. The van der Waals surface area contributed by atoms with Gasteiger partial charge in [0.1, 0.15) is 5.52 Å². The molecule has 6 nitrogen and oxygen atoms in total. The molecular formula is C18H25N5O. The number of benzene rings is 1. The van der Waals surface area contributed by atoms with Crippen LogP contribution in [0.1, 0.15) is 32.5 Å². The second kappa shape index (κ2) is 7.49. The van der Waals surface area contributed by atoms with Gasteiger partial charge >= 0.3 is 0 Å².